The molecular weight excluding hydrogens is 494 g/mol. The number of halogens is 2. The maximum Gasteiger partial charge on any atom is 0.191 e. The molecule has 0 bridgehead atoms. The van der Waals surface area contributed by atoms with Crippen LogP contribution in [0.2, 0.25) is 0 Å². The minimum atomic E-state index is -4.41. The van der Waals surface area contributed by atoms with Gasteiger partial charge in [-0.3, -0.25) is 0 Å². The predicted octanol–water partition coefficient (Wildman–Crippen LogP) is 2.01. The lowest BCUT2D eigenvalue weighted by atomic mass is 10.1. The summed E-state index contributed by atoms with van der Waals surface area (Å²) in [5.74, 6) is -7.07. The Morgan fingerprint density at radius 1 is 1.33 bits per heavy atom. The SMILES string of the molecule is [2H]c1c([2H])c(C2C([2H])([2H])[C@]2([2H])Nc2nc(SC([2H])([2H])C([2H])([2H])C([2H])([2H])[2H])nc3c2nnn3[C@]2([2H])C([2H])([2H])[C@]([2H])(OC([2H])([2H])CO)[C@@]([2H])(O)[C@@]2([2H])O)c([2H])c(F)c1F. The number of aromatic nitrogens is 5. The molecule has 2 fully saturated rings. The fourth-order valence-electron chi connectivity index (χ4n) is 3.02. The molecule has 3 aromatic rings. The molecule has 2 aromatic heterocycles. The maximum absolute atomic E-state index is 14.6. The molecule has 4 N–H and O–H groups in total. The van der Waals surface area contributed by atoms with Gasteiger partial charge in [-0.15, -0.1) is 5.10 Å². The number of hydrogen-bond donors (Lipinski definition) is 4. The molecular formula is C23H28F2N6O4S. The van der Waals surface area contributed by atoms with E-state index in [0.29, 0.717) is 0 Å². The Hall–Kier alpha value is -2.45. The minimum absolute atomic E-state index is 0.213. The molecule has 2 aliphatic carbocycles. The quantitative estimate of drug-likeness (QED) is 0.222. The number of fused-ring (bicyclic) bond motifs is 1. The van der Waals surface area contributed by atoms with E-state index in [9.17, 15) is 24.1 Å². The molecule has 0 radical (unpaired) electrons. The van der Waals surface area contributed by atoms with Crippen LogP contribution < -0.4 is 5.32 Å². The van der Waals surface area contributed by atoms with Gasteiger partial charge in [0.2, 0.25) is 0 Å². The van der Waals surface area contributed by atoms with Crippen LogP contribution in [0.5, 0.6) is 0 Å². The van der Waals surface area contributed by atoms with Crippen LogP contribution in [0.25, 0.3) is 11.2 Å². The topological polar surface area (TPSA) is 138 Å². The molecule has 6 atom stereocenters. The molecule has 0 amide bonds. The van der Waals surface area contributed by atoms with E-state index in [1.807, 2.05) is 0 Å². The highest BCUT2D eigenvalue weighted by Crippen LogP contribution is 2.44. The predicted molar refractivity (Wildman–Crippen MR) is 128 cm³/mol. The summed E-state index contributed by atoms with van der Waals surface area (Å²) < 4.78 is 205. The molecule has 2 aliphatic rings. The van der Waals surface area contributed by atoms with Gasteiger partial charge in [0.25, 0.3) is 0 Å². The number of hydrogen-bond acceptors (Lipinski definition) is 10. The minimum Gasteiger partial charge on any atom is -0.394 e. The van der Waals surface area contributed by atoms with Gasteiger partial charge in [0.05, 0.1) is 39.0 Å². The van der Waals surface area contributed by atoms with Crippen LogP contribution in [0.15, 0.2) is 23.3 Å². The van der Waals surface area contributed by atoms with Gasteiger partial charge in [-0.2, -0.15) is 0 Å². The van der Waals surface area contributed by atoms with Crippen LogP contribution in [-0.4, -0.2) is 83.4 Å². The van der Waals surface area contributed by atoms with Crippen molar-refractivity contribution in [2.45, 2.75) is 67.3 Å². The van der Waals surface area contributed by atoms with Gasteiger partial charge in [-0.05, 0) is 30.4 Å². The van der Waals surface area contributed by atoms with Crippen LogP contribution >= 0.6 is 11.8 Å². The summed E-state index contributed by atoms with van der Waals surface area (Å²) >= 11 is -0.427. The Balaban J connectivity index is 1.80. The number of thioether (sulfide) groups is 1. The van der Waals surface area contributed by atoms with Crippen LogP contribution in [0.3, 0.4) is 0 Å². The zero-order valence-electron chi connectivity index (χ0n) is 38.4. The zero-order chi connectivity index (χ0) is 44.1. The second-order valence-corrected chi connectivity index (χ2v) is 7.57. The van der Waals surface area contributed by atoms with Crippen molar-refractivity contribution in [1.82, 2.24) is 25.0 Å². The molecule has 36 heavy (non-hydrogen) atoms. The smallest absolute Gasteiger partial charge is 0.191 e. The van der Waals surface area contributed by atoms with E-state index in [-0.39, 0.29) is 4.68 Å². The number of rotatable bonds is 10. The monoisotopic (exact) mass is 543 g/mol. The Bertz CT molecular complexity index is 2130. The van der Waals surface area contributed by atoms with E-state index in [4.69, 9.17) is 28.8 Å². The first-order chi connectivity index (χ1) is 25.3. The van der Waals surface area contributed by atoms with Crippen molar-refractivity contribution in [3.8, 4) is 0 Å². The number of nitrogens with zero attached hydrogens (tertiary/aromatic N) is 5. The highest BCUT2D eigenvalue weighted by atomic mass is 32.2. The second kappa shape index (κ2) is 10.5. The van der Waals surface area contributed by atoms with E-state index in [1.54, 1.807) is 0 Å². The highest BCUT2D eigenvalue weighted by molar-refractivity contribution is 7.99. The maximum atomic E-state index is 14.6. The van der Waals surface area contributed by atoms with Crippen molar-refractivity contribution in [2.75, 3.05) is 24.2 Å². The largest absolute Gasteiger partial charge is 0.394 e. The van der Waals surface area contributed by atoms with Crippen LogP contribution in [0.1, 0.15) is 72.3 Å². The summed E-state index contributed by atoms with van der Waals surface area (Å²) in [6, 6.07) is -11.2. The van der Waals surface area contributed by atoms with Gasteiger partial charge >= 0.3 is 0 Å². The van der Waals surface area contributed by atoms with Crippen molar-refractivity contribution in [2.24, 2.45) is 0 Å². The van der Waals surface area contributed by atoms with Crippen LogP contribution in [-0.2, 0) is 4.74 Å². The number of ether oxygens (including phenoxy) is 1. The summed E-state index contributed by atoms with van der Waals surface area (Å²) in [5.41, 5.74) is -6.74. The van der Waals surface area contributed by atoms with E-state index in [2.05, 4.69) is 30.3 Å². The third-order valence-electron chi connectivity index (χ3n) is 4.61. The van der Waals surface area contributed by atoms with Crippen molar-refractivity contribution in [3.05, 3.63) is 35.3 Å². The first-order valence-corrected chi connectivity index (χ1v) is 10.5. The summed E-state index contributed by atoms with van der Waals surface area (Å²) in [6.07, 6.45) is -24.1. The molecule has 0 spiro atoms. The van der Waals surface area contributed by atoms with Crippen molar-refractivity contribution >= 4 is 28.7 Å². The molecule has 1 aromatic carbocycles. The lowest BCUT2D eigenvalue weighted by molar-refractivity contribution is -0.0629. The van der Waals surface area contributed by atoms with E-state index >= 15 is 0 Å². The summed E-state index contributed by atoms with van der Waals surface area (Å²) in [6.45, 7) is -8.85. The Labute approximate surface area is 239 Å². The molecule has 0 saturated heterocycles. The molecule has 5 rings (SSSR count). The average molecular weight is 544 g/mol. The van der Waals surface area contributed by atoms with Crippen molar-refractivity contribution < 1.29 is 57.6 Å². The Morgan fingerprint density at radius 2 is 2.19 bits per heavy atom. The fraction of sp³-hybridized carbons (Fsp3) is 0.565. The standard InChI is InChI=1S/C23H28F2N6O4S/c1-2-7-36-23-27-21(26-15-9-12(15)11-3-4-13(24)14(25)8-11)18-22(28-23)31(30-29-18)16-10-17(35-6-5-32)20(34)19(16)33/h3-4,8,12,15-17,19-20,32-34H,2,5-7,9-10H2,1H3,(H,26,27,28)/t12?,15-,16+,17-,19-,20+/m0/s1/i1D3,2D2,3D,4D,6D2,7D2,8D,9D2,10D2,15D,16D,17D,19D,20D. The normalized spacial score (nSPS) is 50.7. The number of anilines is 1. The van der Waals surface area contributed by atoms with Crippen molar-refractivity contribution in [3.63, 3.8) is 0 Å². The fourth-order valence-corrected chi connectivity index (χ4v) is 3.43. The third kappa shape index (κ3) is 4.90. The summed E-state index contributed by atoms with van der Waals surface area (Å²) in [5, 5.41) is 39.7. The molecule has 13 heteroatoms. The van der Waals surface area contributed by atoms with Crippen LogP contribution in [0.4, 0.5) is 14.6 Å². The first-order valence-electron chi connectivity index (χ1n) is 20.1. The van der Waals surface area contributed by atoms with Crippen molar-refractivity contribution in [1.29, 1.82) is 0 Å². The molecule has 2 heterocycles. The lowest BCUT2D eigenvalue weighted by Gasteiger charge is -2.17. The van der Waals surface area contributed by atoms with Gasteiger partial charge < -0.3 is 25.4 Å². The number of aliphatic hydroxyl groups is 3. The van der Waals surface area contributed by atoms with Crippen LogP contribution in [0, 0.1) is 11.6 Å². The zero-order valence-corrected chi connectivity index (χ0v) is 18.3. The molecule has 0 aliphatic heterocycles. The first kappa shape index (κ1) is 10.4. The van der Waals surface area contributed by atoms with Gasteiger partial charge in [0.1, 0.15) is 12.2 Å². The number of benzene rings is 1. The van der Waals surface area contributed by atoms with Gasteiger partial charge in [-0.1, -0.05) is 29.9 Å². The number of nitrogens with one attached hydrogen (secondary N) is 1. The Morgan fingerprint density at radius 3 is 3.00 bits per heavy atom. The van der Waals surface area contributed by atoms with E-state index in [0.717, 1.165) is 0 Å². The molecule has 194 valence electrons. The second-order valence-electron chi connectivity index (χ2n) is 6.79. The third-order valence-corrected chi connectivity index (χ3v) is 5.18. The molecule has 10 nitrogen and oxygen atoms in total. The van der Waals surface area contributed by atoms with Gasteiger partial charge in [0, 0.05) is 39.1 Å². The average Bonchev–Trinajstić information content (AvgIpc) is 3.30. The Kier molecular flexibility index (Phi) is 3.02. The summed E-state index contributed by atoms with van der Waals surface area (Å²) in [7, 11) is 0. The summed E-state index contributed by atoms with van der Waals surface area (Å²) in [4.78, 5) is 7.64. The van der Waals surface area contributed by atoms with E-state index in [1.165, 1.54) is 0 Å². The van der Waals surface area contributed by atoms with Gasteiger partial charge in [0.15, 0.2) is 33.8 Å². The number of aliphatic hydroxyl groups excluding tert-OH is 1. The van der Waals surface area contributed by atoms with Gasteiger partial charge in [-0.25, -0.2) is 23.4 Å². The van der Waals surface area contributed by atoms with E-state index < -0.39 is 150 Å². The molecule has 1 unspecified atom stereocenters. The molecule has 2 saturated carbocycles. The highest BCUT2D eigenvalue weighted by Gasteiger charge is 2.45. The lowest BCUT2D eigenvalue weighted by Crippen LogP contribution is -2.33.